The van der Waals surface area contributed by atoms with Crippen molar-refractivity contribution in [1.29, 1.82) is 0 Å². The zero-order valence-electron chi connectivity index (χ0n) is 11.8. The summed E-state index contributed by atoms with van der Waals surface area (Å²) in [7, 11) is 0. The van der Waals surface area contributed by atoms with Crippen LogP contribution in [0, 0.1) is 29.1 Å². The Bertz CT molecular complexity index is 388. The van der Waals surface area contributed by atoms with E-state index < -0.39 is 18.5 Å². The molecule has 20 heavy (non-hydrogen) atoms. The molecule has 0 amide bonds. The van der Waals surface area contributed by atoms with E-state index in [1.165, 1.54) is 0 Å². The minimum atomic E-state index is -2.96. The molecule has 0 aromatic heterocycles. The number of rotatable bonds is 4. The smallest absolute Gasteiger partial charge is 0.309 e. The zero-order valence-corrected chi connectivity index (χ0v) is 11.8. The fourth-order valence-corrected chi connectivity index (χ4v) is 5.07. The van der Waals surface area contributed by atoms with Gasteiger partial charge in [-0.3, -0.25) is 4.79 Å². The highest BCUT2D eigenvalue weighted by Gasteiger charge is 2.57. The first-order valence-electron chi connectivity index (χ1n) is 7.47. The molecule has 0 aliphatic heterocycles. The van der Waals surface area contributed by atoms with E-state index in [2.05, 4.69) is 0 Å². The van der Waals surface area contributed by atoms with Gasteiger partial charge in [0.05, 0.1) is 5.92 Å². The predicted octanol–water partition coefficient (Wildman–Crippen LogP) is 2.62. The second-order valence-corrected chi connectivity index (χ2v) is 7.33. The average molecular weight is 288 g/mol. The first-order valence-corrected chi connectivity index (χ1v) is 7.47. The summed E-state index contributed by atoms with van der Waals surface area (Å²) in [6.07, 6.45) is 4.73. The number of carbonyl (C=O) groups excluding carboxylic acids is 1. The lowest BCUT2D eigenvalue weighted by molar-refractivity contribution is -0.179. The topological polar surface area (TPSA) is 46.5 Å². The van der Waals surface area contributed by atoms with Crippen LogP contribution < -0.4 is 0 Å². The molecular weight excluding hydrogens is 266 g/mol. The van der Waals surface area contributed by atoms with Crippen LogP contribution in [-0.2, 0) is 9.53 Å². The highest BCUT2D eigenvalue weighted by Crippen LogP contribution is 2.62. The number of esters is 1. The SMILES string of the molecule is CC(F)(F)COC(=O)C1C2CC3CC1CC(CO)(C3)C2. The molecule has 4 fully saturated rings. The van der Waals surface area contributed by atoms with E-state index >= 15 is 0 Å². The number of aliphatic hydroxyl groups is 1. The van der Waals surface area contributed by atoms with Crippen LogP contribution in [0.25, 0.3) is 0 Å². The third-order valence-electron chi connectivity index (χ3n) is 5.48. The van der Waals surface area contributed by atoms with Crippen LogP contribution in [0.15, 0.2) is 0 Å². The molecule has 114 valence electrons. The molecule has 1 N–H and O–H groups in total. The molecule has 4 bridgehead atoms. The van der Waals surface area contributed by atoms with Gasteiger partial charge in [0.1, 0.15) is 0 Å². The number of aliphatic hydroxyl groups excluding tert-OH is 1. The quantitative estimate of drug-likeness (QED) is 0.809. The summed E-state index contributed by atoms with van der Waals surface area (Å²) in [5.41, 5.74) is -0.0119. The summed E-state index contributed by atoms with van der Waals surface area (Å²) < 4.78 is 30.5. The molecule has 4 aliphatic rings. The van der Waals surface area contributed by atoms with E-state index in [-0.39, 0.29) is 29.8 Å². The summed E-state index contributed by atoms with van der Waals surface area (Å²) in [5.74, 6) is -2.62. The Balaban J connectivity index is 1.69. The van der Waals surface area contributed by atoms with Gasteiger partial charge in [-0.15, -0.1) is 0 Å². The number of halogens is 2. The summed E-state index contributed by atoms with van der Waals surface area (Å²) in [5, 5.41) is 9.65. The average Bonchev–Trinajstić information content (AvgIpc) is 2.34. The van der Waals surface area contributed by atoms with Gasteiger partial charge in [-0.25, -0.2) is 8.78 Å². The van der Waals surface area contributed by atoms with Crippen LogP contribution in [0.1, 0.15) is 39.0 Å². The second-order valence-electron chi connectivity index (χ2n) is 7.33. The fraction of sp³-hybridized carbons (Fsp3) is 0.933. The highest BCUT2D eigenvalue weighted by atomic mass is 19.3. The van der Waals surface area contributed by atoms with E-state index in [0.29, 0.717) is 5.92 Å². The largest absolute Gasteiger partial charge is 0.459 e. The maximum atomic E-state index is 12.8. The van der Waals surface area contributed by atoms with E-state index in [1.807, 2.05) is 0 Å². The van der Waals surface area contributed by atoms with Crippen LogP contribution >= 0.6 is 0 Å². The van der Waals surface area contributed by atoms with Crippen molar-refractivity contribution in [1.82, 2.24) is 0 Å². The number of alkyl halides is 2. The minimum absolute atomic E-state index is 0.0119. The van der Waals surface area contributed by atoms with Crippen molar-refractivity contribution in [2.24, 2.45) is 29.1 Å². The van der Waals surface area contributed by atoms with Gasteiger partial charge >= 0.3 is 5.97 Å². The molecule has 0 aromatic rings. The monoisotopic (exact) mass is 288 g/mol. The predicted molar refractivity (Wildman–Crippen MR) is 68.1 cm³/mol. The van der Waals surface area contributed by atoms with Crippen molar-refractivity contribution in [2.75, 3.05) is 13.2 Å². The summed E-state index contributed by atoms with van der Waals surface area (Å²) in [6.45, 7) is 0.125. The van der Waals surface area contributed by atoms with E-state index in [1.54, 1.807) is 0 Å². The van der Waals surface area contributed by atoms with Crippen molar-refractivity contribution in [3.05, 3.63) is 0 Å². The van der Waals surface area contributed by atoms with E-state index in [4.69, 9.17) is 4.74 Å². The molecule has 3 nitrogen and oxygen atoms in total. The van der Waals surface area contributed by atoms with Crippen LogP contribution in [0.3, 0.4) is 0 Å². The van der Waals surface area contributed by atoms with E-state index in [9.17, 15) is 18.7 Å². The van der Waals surface area contributed by atoms with Gasteiger partial charge in [-0.05, 0) is 55.3 Å². The molecule has 0 radical (unpaired) electrons. The molecule has 5 heteroatoms. The van der Waals surface area contributed by atoms with Crippen molar-refractivity contribution in [3.63, 3.8) is 0 Å². The Kier molecular flexibility index (Phi) is 3.31. The first-order chi connectivity index (χ1) is 9.32. The van der Waals surface area contributed by atoms with Crippen molar-refractivity contribution in [3.8, 4) is 0 Å². The van der Waals surface area contributed by atoms with E-state index in [0.717, 1.165) is 39.0 Å². The van der Waals surface area contributed by atoms with Crippen LogP contribution in [0.5, 0.6) is 0 Å². The third-order valence-corrected chi connectivity index (χ3v) is 5.48. The van der Waals surface area contributed by atoms with Crippen molar-refractivity contribution < 1.29 is 23.4 Å². The standard InChI is InChI=1S/C15H22F2O3/c1-14(16,17)8-20-13(19)12-10-2-9-3-11(12)6-15(4-9,5-10)7-18/h9-12,18H,2-8H2,1H3. The fourth-order valence-electron chi connectivity index (χ4n) is 5.07. The lowest BCUT2D eigenvalue weighted by Gasteiger charge is -2.58. The highest BCUT2D eigenvalue weighted by molar-refractivity contribution is 5.73. The van der Waals surface area contributed by atoms with Gasteiger partial charge in [-0.1, -0.05) is 0 Å². The molecule has 0 aromatic carbocycles. The minimum Gasteiger partial charge on any atom is -0.459 e. The summed E-state index contributed by atoms with van der Waals surface area (Å²) >= 11 is 0. The first kappa shape index (κ1) is 14.2. The Morgan fingerprint density at radius 1 is 1.30 bits per heavy atom. The number of carbonyl (C=O) groups is 1. The lowest BCUT2D eigenvalue weighted by Crippen LogP contribution is -2.54. The van der Waals surface area contributed by atoms with Crippen LogP contribution in [0.4, 0.5) is 8.78 Å². The molecule has 0 saturated heterocycles. The zero-order chi connectivity index (χ0) is 14.5. The molecule has 4 aliphatic carbocycles. The van der Waals surface area contributed by atoms with Gasteiger partial charge in [0.2, 0.25) is 0 Å². The molecular formula is C15H22F2O3. The van der Waals surface area contributed by atoms with Crippen LogP contribution in [0.2, 0.25) is 0 Å². The van der Waals surface area contributed by atoms with Crippen molar-refractivity contribution in [2.45, 2.75) is 45.0 Å². The van der Waals surface area contributed by atoms with Gasteiger partial charge in [0.15, 0.2) is 6.61 Å². The Hall–Kier alpha value is -0.710. The maximum absolute atomic E-state index is 12.8. The Morgan fingerprint density at radius 3 is 2.40 bits per heavy atom. The maximum Gasteiger partial charge on any atom is 0.309 e. The molecule has 2 unspecified atom stereocenters. The Labute approximate surface area is 117 Å². The molecule has 0 spiro atoms. The second kappa shape index (κ2) is 4.65. The summed E-state index contributed by atoms with van der Waals surface area (Å²) in [6, 6.07) is 0. The van der Waals surface area contributed by atoms with Gasteiger partial charge in [0, 0.05) is 13.5 Å². The van der Waals surface area contributed by atoms with Gasteiger partial charge < -0.3 is 9.84 Å². The third kappa shape index (κ3) is 2.45. The molecule has 2 atom stereocenters. The number of ether oxygens (including phenoxy) is 1. The number of hydrogen-bond donors (Lipinski definition) is 1. The molecule has 0 heterocycles. The lowest BCUT2D eigenvalue weighted by atomic mass is 9.46. The van der Waals surface area contributed by atoms with Crippen LogP contribution in [-0.4, -0.2) is 30.2 Å². The Morgan fingerprint density at radius 2 is 1.90 bits per heavy atom. The van der Waals surface area contributed by atoms with Crippen molar-refractivity contribution >= 4 is 5.97 Å². The van der Waals surface area contributed by atoms with Gasteiger partial charge in [-0.2, -0.15) is 0 Å². The molecule has 4 rings (SSSR count). The number of hydrogen-bond acceptors (Lipinski definition) is 3. The normalized spacial score (nSPS) is 42.8. The summed E-state index contributed by atoms with van der Waals surface area (Å²) in [4.78, 5) is 12.2. The molecule has 4 saturated carbocycles. The van der Waals surface area contributed by atoms with Gasteiger partial charge in [0.25, 0.3) is 5.92 Å².